The summed E-state index contributed by atoms with van der Waals surface area (Å²) in [6.45, 7) is 9.57. The number of hydrogen-bond donors (Lipinski definition) is 1. The van der Waals surface area contributed by atoms with Crippen LogP contribution in [0.1, 0.15) is 55.6 Å². The van der Waals surface area contributed by atoms with E-state index in [0.717, 1.165) is 22.8 Å². The van der Waals surface area contributed by atoms with Gasteiger partial charge in [0, 0.05) is 29.6 Å². The van der Waals surface area contributed by atoms with Crippen molar-refractivity contribution >= 4 is 18.0 Å². The number of carbonyl (C=O) groups is 2. The number of rotatable bonds is 8. The maximum absolute atomic E-state index is 12.1. The normalized spacial score (nSPS) is 12.5. The molecule has 31 heavy (non-hydrogen) atoms. The highest BCUT2D eigenvalue weighted by Gasteiger charge is 2.15. The number of nitrogens with zero attached hydrogens (tertiary/aromatic N) is 3. The molecule has 0 aliphatic carbocycles. The molecule has 8 heteroatoms. The molecule has 164 valence electrons. The van der Waals surface area contributed by atoms with Crippen molar-refractivity contribution in [3.05, 3.63) is 65.5 Å². The smallest absolute Gasteiger partial charge is 0.331 e. The Bertz CT molecular complexity index is 1070. The topological polar surface area (TPSA) is 91.3 Å². The van der Waals surface area contributed by atoms with Gasteiger partial charge in [0.1, 0.15) is 11.6 Å². The van der Waals surface area contributed by atoms with Crippen molar-refractivity contribution in [3.63, 3.8) is 0 Å². The highest BCUT2D eigenvalue weighted by Crippen LogP contribution is 2.23. The van der Waals surface area contributed by atoms with E-state index in [1.165, 1.54) is 12.3 Å². The van der Waals surface area contributed by atoms with Crippen LogP contribution in [-0.2, 0) is 14.3 Å². The molecule has 3 aromatic heterocycles. The second-order valence-corrected chi connectivity index (χ2v) is 7.64. The Kier molecular flexibility index (Phi) is 6.79. The van der Waals surface area contributed by atoms with Crippen molar-refractivity contribution in [2.75, 3.05) is 6.61 Å². The van der Waals surface area contributed by atoms with Crippen molar-refractivity contribution in [1.82, 2.24) is 19.7 Å². The number of carbonyl (C=O) groups excluding carboxylic acids is 2. The van der Waals surface area contributed by atoms with E-state index in [0.29, 0.717) is 5.76 Å². The summed E-state index contributed by atoms with van der Waals surface area (Å²) in [7, 11) is 0. The first kappa shape index (κ1) is 22.1. The lowest BCUT2D eigenvalue weighted by atomic mass is 10.2. The van der Waals surface area contributed by atoms with E-state index in [2.05, 4.69) is 28.8 Å². The predicted molar refractivity (Wildman–Crippen MR) is 117 cm³/mol. The molecular weight excluding hydrogens is 396 g/mol. The molecule has 0 saturated heterocycles. The quantitative estimate of drug-likeness (QED) is 0.437. The molecule has 0 aromatic carbocycles. The summed E-state index contributed by atoms with van der Waals surface area (Å²) in [5, 5.41) is 7.11. The molecule has 0 fully saturated rings. The van der Waals surface area contributed by atoms with Crippen LogP contribution in [0.5, 0.6) is 0 Å². The molecule has 0 unspecified atom stereocenters. The standard InChI is InChI=1S/C23H28N4O4/c1-15(2)27-22(10-11-24-27)26-16(3)13-19(18(26)5)8-9-23(29)31-14-21(28)25-17(4)20-7-6-12-30-20/h6-13,15,17H,14H2,1-5H3,(H,25,28)/b9-8+/t17-/m1/s1. The van der Waals surface area contributed by atoms with Gasteiger partial charge in [-0.25, -0.2) is 9.48 Å². The molecule has 0 radical (unpaired) electrons. The molecule has 8 nitrogen and oxygen atoms in total. The zero-order valence-electron chi connectivity index (χ0n) is 18.5. The summed E-state index contributed by atoms with van der Waals surface area (Å²) in [6.07, 6.45) is 6.34. The van der Waals surface area contributed by atoms with Gasteiger partial charge in [-0.3, -0.25) is 4.79 Å². The number of ether oxygens (including phenoxy) is 1. The Hall–Kier alpha value is -3.55. The second-order valence-electron chi connectivity index (χ2n) is 7.64. The van der Waals surface area contributed by atoms with E-state index in [1.807, 2.05) is 30.7 Å². The predicted octanol–water partition coefficient (Wildman–Crippen LogP) is 3.90. The van der Waals surface area contributed by atoms with Crippen molar-refractivity contribution in [3.8, 4) is 5.82 Å². The third-order valence-corrected chi connectivity index (χ3v) is 4.93. The first-order valence-corrected chi connectivity index (χ1v) is 10.2. The van der Waals surface area contributed by atoms with Crippen LogP contribution in [0.4, 0.5) is 0 Å². The molecule has 0 aliphatic rings. The van der Waals surface area contributed by atoms with Crippen molar-refractivity contribution in [1.29, 1.82) is 0 Å². The Morgan fingerprint density at radius 1 is 1.26 bits per heavy atom. The summed E-state index contributed by atoms with van der Waals surface area (Å²) in [5.74, 6) is 0.618. The van der Waals surface area contributed by atoms with Crippen LogP contribution in [0.25, 0.3) is 11.9 Å². The second kappa shape index (κ2) is 9.51. The minimum atomic E-state index is -0.585. The van der Waals surface area contributed by atoms with Crippen molar-refractivity contribution < 1.29 is 18.7 Å². The molecule has 3 aromatic rings. The third kappa shape index (κ3) is 5.14. The molecule has 1 atom stereocenters. The fraction of sp³-hybridized carbons (Fsp3) is 0.348. The Morgan fingerprint density at radius 2 is 2.03 bits per heavy atom. The van der Waals surface area contributed by atoms with E-state index >= 15 is 0 Å². The fourth-order valence-corrected chi connectivity index (χ4v) is 3.43. The maximum atomic E-state index is 12.1. The summed E-state index contributed by atoms with van der Waals surface area (Å²) in [6, 6.07) is 7.39. The van der Waals surface area contributed by atoms with Crippen LogP contribution >= 0.6 is 0 Å². The minimum absolute atomic E-state index is 0.224. The van der Waals surface area contributed by atoms with Gasteiger partial charge < -0.3 is 19.0 Å². The monoisotopic (exact) mass is 424 g/mol. The fourth-order valence-electron chi connectivity index (χ4n) is 3.43. The van der Waals surface area contributed by atoms with Gasteiger partial charge in [-0.05, 0) is 64.5 Å². The highest BCUT2D eigenvalue weighted by molar-refractivity contribution is 5.89. The lowest BCUT2D eigenvalue weighted by Gasteiger charge is -2.15. The minimum Gasteiger partial charge on any atom is -0.467 e. The zero-order chi connectivity index (χ0) is 22.5. The van der Waals surface area contributed by atoms with Crippen LogP contribution in [0.3, 0.4) is 0 Å². The zero-order valence-corrected chi connectivity index (χ0v) is 18.5. The van der Waals surface area contributed by atoms with E-state index in [9.17, 15) is 9.59 Å². The van der Waals surface area contributed by atoms with Gasteiger partial charge in [-0.2, -0.15) is 5.10 Å². The molecule has 1 N–H and O–H groups in total. The lowest BCUT2D eigenvalue weighted by Crippen LogP contribution is -2.30. The number of nitrogens with one attached hydrogen (secondary N) is 1. The van der Waals surface area contributed by atoms with Gasteiger partial charge in [-0.1, -0.05) is 0 Å². The van der Waals surface area contributed by atoms with Crippen LogP contribution in [-0.4, -0.2) is 32.8 Å². The molecule has 0 aliphatic heterocycles. The van der Waals surface area contributed by atoms with Gasteiger partial charge in [0.2, 0.25) is 0 Å². The van der Waals surface area contributed by atoms with Gasteiger partial charge in [-0.15, -0.1) is 0 Å². The first-order chi connectivity index (χ1) is 14.8. The summed E-state index contributed by atoms with van der Waals surface area (Å²) in [4.78, 5) is 24.1. The highest BCUT2D eigenvalue weighted by atomic mass is 16.5. The molecule has 3 rings (SSSR count). The Morgan fingerprint density at radius 3 is 2.71 bits per heavy atom. The van der Waals surface area contributed by atoms with Gasteiger partial charge in [0.25, 0.3) is 5.91 Å². The van der Waals surface area contributed by atoms with E-state index in [1.54, 1.807) is 31.3 Å². The number of hydrogen-bond acceptors (Lipinski definition) is 5. The number of furan rings is 1. The SMILES string of the molecule is Cc1cc(/C=C/C(=O)OCC(=O)N[C@H](C)c2ccco2)c(C)n1-c1ccnn1C(C)C. The van der Waals surface area contributed by atoms with Crippen LogP contribution in [0.15, 0.2) is 47.2 Å². The Balaban J connectivity index is 1.61. The molecular formula is C23H28N4O4. The molecule has 0 bridgehead atoms. The first-order valence-electron chi connectivity index (χ1n) is 10.2. The van der Waals surface area contributed by atoms with Gasteiger partial charge in [0.15, 0.2) is 6.61 Å². The summed E-state index contributed by atoms with van der Waals surface area (Å²) in [5.41, 5.74) is 2.90. The third-order valence-electron chi connectivity index (χ3n) is 4.93. The van der Waals surface area contributed by atoms with Crippen molar-refractivity contribution in [2.45, 2.75) is 46.7 Å². The summed E-state index contributed by atoms with van der Waals surface area (Å²) >= 11 is 0. The lowest BCUT2D eigenvalue weighted by molar-refractivity contribution is -0.144. The average molecular weight is 425 g/mol. The Labute approximate surface area is 181 Å². The van der Waals surface area contributed by atoms with Crippen LogP contribution < -0.4 is 5.32 Å². The van der Waals surface area contributed by atoms with Crippen LogP contribution in [0, 0.1) is 13.8 Å². The summed E-state index contributed by atoms with van der Waals surface area (Å²) < 4.78 is 14.3. The molecule has 0 saturated carbocycles. The molecule has 1 amide bonds. The average Bonchev–Trinajstić information content (AvgIpc) is 3.45. The van der Waals surface area contributed by atoms with E-state index in [-0.39, 0.29) is 18.7 Å². The maximum Gasteiger partial charge on any atom is 0.331 e. The number of amides is 1. The largest absolute Gasteiger partial charge is 0.467 e. The number of esters is 1. The van der Waals surface area contributed by atoms with Crippen molar-refractivity contribution in [2.24, 2.45) is 0 Å². The van der Waals surface area contributed by atoms with Gasteiger partial charge in [0.05, 0.1) is 18.5 Å². The molecule has 0 spiro atoms. The van der Waals surface area contributed by atoms with Gasteiger partial charge >= 0.3 is 5.97 Å². The number of aromatic nitrogens is 3. The molecule has 3 heterocycles. The van der Waals surface area contributed by atoms with E-state index in [4.69, 9.17) is 9.15 Å². The number of aryl methyl sites for hydroxylation is 1. The van der Waals surface area contributed by atoms with E-state index < -0.39 is 11.9 Å². The van der Waals surface area contributed by atoms with Crippen LogP contribution in [0.2, 0.25) is 0 Å².